The third-order valence-electron chi connectivity index (χ3n) is 1.98. The summed E-state index contributed by atoms with van der Waals surface area (Å²) in [5.74, 6) is -0.338. The molecule has 0 aliphatic rings. The van der Waals surface area contributed by atoms with Crippen molar-refractivity contribution in [1.82, 2.24) is 9.38 Å². The minimum atomic E-state index is -0.338. The van der Waals surface area contributed by atoms with Gasteiger partial charge in [0.25, 0.3) is 0 Å². The Labute approximate surface area is 95.0 Å². The molecule has 78 valence electrons. The lowest BCUT2D eigenvalue weighted by Crippen LogP contribution is -2.06. The summed E-state index contributed by atoms with van der Waals surface area (Å²) >= 11 is 3.32. The molecule has 0 aliphatic carbocycles. The number of carbonyl (C=O) groups excluding carboxylic acids is 1. The van der Waals surface area contributed by atoms with Crippen LogP contribution in [0.25, 0.3) is 5.65 Å². The molecule has 0 fully saturated rings. The lowest BCUT2D eigenvalue weighted by atomic mass is 10.2. The van der Waals surface area contributed by atoms with Crippen LogP contribution >= 0.6 is 15.9 Å². The average molecular weight is 269 g/mol. The molecular formula is C10H9BrN2O2. The summed E-state index contributed by atoms with van der Waals surface area (Å²) in [5.41, 5.74) is 1.22. The van der Waals surface area contributed by atoms with Crippen LogP contribution in [0.5, 0.6) is 0 Å². The van der Waals surface area contributed by atoms with Crippen molar-refractivity contribution >= 4 is 27.5 Å². The van der Waals surface area contributed by atoms with Gasteiger partial charge in [-0.05, 0) is 28.9 Å². The van der Waals surface area contributed by atoms with Crippen LogP contribution in [0.2, 0.25) is 0 Å². The number of carbonyl (C=O) groups is 1. The Morgan fingerprint density at radius 3 is 3.20 bits per heavy atom. The maximum absolute atomic E-state index is 11.5. The van der Waals surface area contributed by atoms with Gasteiger partial charge in [0, 0.05) is 23.1 Å². The maximum atomic E-state index is 11.5. The predicted octanol–water partition coefficient (Wildman–Crippen LogP) is 2.27. The van der Waals surface area contributed by atoms with Gasteiger partial charge in [0.2, 0.25) is 0 Å². The number of hydrogen-bond donors (Lipinski definition) is 0. The molecule has 4 nitrogen and oxygen atoms in total. The van der Waals surface area contributed by atoms with Gasteiger partial charge in [0.05, 0.1) is 12.2 Å². The zero-order valence-corrected chi connectivity index (χ0v) is 9.69. The molecule has 0 N–H and O–H groups in total. The molecule has 2 aromatic rings. The Balaban J connectivity index is 2.50. The van der Waals surface area contributed by atoms with Crippen molar-refractivity contribution in [2.45, 2.75) is 6.92 Å². The van der Waals surface area contributed by atoms with E-state index >= 15 is 0 Å². The van der Waals surface area contributed by atoms with E-state index in [1.165, 1.54) is 0 Å². The molecule has 2 aromatic heterocycles. The fraction of sp³-hybridized carbons (Fsp3) is 0.200. The number of pyridine rings is 1. The summed E-state index contributed by atoms with van der Waals surface area (Å²) in [4.78, 5) is 15.6. The Morgan fingerprint density at radius 2 is 2.47 bits per heavy atom. The third-order valence-corrected chi connectivity index (χ3v) is 2.61. The third kappa shape index (κ3) is 1.87. The van der Waals surface area contributed by atoms with Crippen molar-refractivity contribution in [3.63, 3.8) is 0 Å². The summed E-state index contributed by atoms with van der Waals surface area (Å²) in [6, 6.07) is 1.70. The first-order chi connectivity index (χ1) is 7.22. The number of imidazole rings is 1. The van der Waals surface area contributed by atoms with E-state index in [4.69, 9.17) is 4.74 Å². The Bertz CT molecular complexity index is 507. The Kier molecular flexibility index (Phi) is 2.73. The van der Waals surface area contributed by atoms with Gasteiger partial charge < -0.3 is 9.14 Å². The number of fused-ring (bicyclic) bond motifs is 1. The minimum Gasteiger partial charge on any atom is -0.462 e. The molecule has 0 bridgehead atoms. The van der Waals surface area contributed by atoms with Gasteiger partial charge in [-0.25, -0.2) is 9.78 Å². The van der Waals surface area contributed by atoms with Gasteiger partial charge in [-0.2, -0.15) is 0 Å². The van der Waals surface area contributed by atoms with Crippen LogP contribution in [0.15, 0.2) is 29.1 Å². The van der Waals surface area contributed by atoms with E-state index < -0.39 is 0 Å². The highest BCUT2D eigenvalue weighted by Crippen LogP contribution is 2.19. The van der Waals surface area contributed by atoms with Crippen molar-refractivity contribution in [3.05, 3.63) is 34.7 Å². The smallest absolute Gasteiger partial charge is 0.339 e. The maximum Gasteiger partial charge on any atom is 0.339 e. The second kappa shape index (κ2) is 4.02. The fourth-order valence-corrected chi connectivity index (χ4v) is 1.80. The average Bonchev–Trinajstić information content (AvgIpc) is 2.63. The number of rotatable bonds is 2. The number of ether oxygens (including phenoxy) is 1. The molecule has 0 amide bonds. The molecule has 0 saturated carbocycles. The molecule has 0 aliphatic heterocycles. The standard InChI is InChI=1S/C10H9BrN2O2/c1-2-15-10(14)7-5-9-12-3-4-13(9)6-8(7)11/h3-6H,2H2,1H3. The number of esters is 1. The lowest BCUT2D eigenvalue weighted by molar-refractivity contribution is 0.0525. The van der Waals surface area contributed by atoms with Crippen LogP contribution in [0, 0.1) is 0 Å². The first kappa shape index (κ1) is 10.2. The van der Waals surface area contributed by atoms with Crippen LogP contribution in [0.3, 0.4) is 0 Å². The van der Waals surface area contributed by atoms with Gasteiger partial charge in [-0.15, -0.1) is 0 Å². The first-order valence-electron chi connectivity index (χ1n) is 4.51. The predicted molar refractivity (Wildman–Crippen MR) is 58.8 cm³/mol. The van der Waals surface area contributed by atoms with Crippen molar-refractivity contribution in [3.8, 4) is 0 Å². The molecule has 0 unspecified atom stereocenters. The molecule has 0 saturated heterocycles. The lowest BCUT2D eigenvalue weighted by Gasteiger charge is -2.04. The second-order valence-electron chi connectivity index (χ2n) is 2.95. The van der Waals surface area contributed by atoms with Crippen LogP contribution in [-0.4, -0.2) is 22.0 Å². The van der Waals surface area contributed by atoms with E-state index in [0.717, 1.165) is 5.65 Å². The van der Waals surface area contributed by atoms with Crippen molar-refractivity contribution < 1.29 is 9.53 Å². The fourth-order valence-electron chi connectivity index (χ4n) is 1.30. The van der Waals surface area contributed by atoms with Crippen LogP contribution in [0.4, 0.5) is 0 Å². The zero-order valence-electron chi connectivity index (χ0n) is 8.11. The summed E-state index contributed by atoms with van der Waals surface area (Å²) in [6.07, 6.45) is 5.28. The molecule has 15 heavy (non-hydrogen) atoms. The van der Waals surface area contributed by atoms with E-state index in [-0.39, 0.29) is 5.97 Å². The molecule has 5 heteroatoms. The van der Waals surface area contributed by atoms with E-state index in [9.17, 15) is 4.79 Å². The van der Waals surface area contributed by atoms with Gasteiger partial charge in [-0.1, -0.05) is 0 Å². The molecule has 0 spiro atoms. The van der Waals surface area contributed by atoms with Crippen molar-refractivity contribution in [2.75, 3.05) is 6.61 Å². The van der Waals surface area contributed by atoms with E-state index in [2.05, 4.69) is 20.9 Å². The molecule has 0 aromatic carbocycles. The quantitative estimate of drug-likeness (QED) is 0.785. The van der Waals surface area contributed by atoms with Gasteiger partial charge in [-0.3, -0.25) is 0 Å². The van der Waals surface area contributed by atoms with Crippen molar-refractivity contribution in [1.29, 1.82) is 0 Å². The monoisotopic (exact) mass is 268 g/mol. The van der Waals surface area contributed by atoms with Gasteiger partial charge in [0.15, 0.2) is 0 Å². The van der Waals surface area contributed by atoms with Crippen LogP contribution < -0.4 is 0 Å². The summed E-state index contributed by atoms with van der Waals surface area (Å²) in [6.45, 7) is 2.14. The summed E-state index contributed by atoms with van der Waals surface area (Å²) in [5, 5.41) is 0. The normalized spacial score (nSPS) is 10.5. The SMILES string of the molecule is CCOC(=O)c1cc2nccn2cc1Br. The zero-order chi connectivity index (χ0) is 10.8. The van der Waals surface area contributed by atoms with E-state index in [1.807, 2.05) is 10.6 Å². The molecule has 0 radical (unpaired) electrons. The highest BCUT2D eigenvalue weighted by atomic mass is 79.9. The number of nitrogens with zero attached hydrogens (tertiary/aromatic N) is 2. The van der Waals surface area contributed by atoms with Crippen molar-refractivity contribution in [2.24, 2.45) is 0 Å². The largest absolute Gasteiger partial charge is 0.462 e. The van der Waals surface area contributed by atoms with Crippen LogP contribution in [0.1, 0.15) is 17.3 Å². The summed E-state index contributed by atoms with van der Waals surface area (Å²) < 4.78 is 7.45. The van der Waals surface area contributed by atoms with Gasteiger partial charge >= 0.3 is 5.97 Å². The van der Waals surface area contributed by atoms with Crippen LogP contribution in [-0.2, 0) is 4.74 Å². The van der Waals surface area contributed by atoms with E-state index in [0.29, 0.717) is 16.6 Å². The molecule has 0 atom stereocenters. The molecule has 2 rings (SSSR count). The number of hydrogen-bond acceptors (Lipinski definition) is 3. The molecular weight excluding hydrogens is 260 g/mol. The van der Waals surface area contributed by atoms with E-state index in [1.54, 1.807) is 25.4 Å². The van der Waals surface area contributed by atoms with Gasteiger partial charge in [0.1, 0.15) is 5.65 Å². The second-order valence-corrected chi connectivity index (χ2v) is 3.80. The minimum absolute atomic E-state index is 0.338. The molecule has 2 heterocycles. The Morgan fingerprint density at radius 1 is 1.67 bits per heavy atom. The highest BCUT2D eigenvalue weighted by Gasteiger charge is 2.12. The summed E-state index contributed by atoms with van der Waals surface area (Å²) in [7, 11) is 0. The number of halogens is 1. The highest BCUT2D eigenvalue weighted by molar-refractivity contribution is 9.10. The number of aromatic nitrogens is 2. The topological polar surface area (TPSA) is 43.6 Å². The first-order valence-corrected chi connectivity index (χ1v) is 5.31. The Hall–Kier alpha value is -1.36.